The normalized spacial score (nSPS) is 15.9. The van der Waals surface area contributed by atoms with Gasteiger partial charge in [0.2, 0.25) is 0 Å². The van der Waals surface area contributed by atoms with Crippen LogP contribution in [0, 0.1) is 11.3 Å². The summed E-state index contributed by atoms with van der Waals surface area (Å²) in [5, 5.41) is 10.5. The first kappa shape index (κ1) is 16.9. The van der Waals surface area contributed by atoms with Crippen LogP contribution in [0.2, 0.25) is 19.6 Å². The lowest BCUT2D eigenvalue weighted by Gasteiger charge is -2.29. The lowest BCUT2D eigenvalue weighted by molar-refractivity contribution is 0.444. The lowest BCUT2D eigenvalue weighted by atomic mass is 9.84. The Bertz CT molecular complexity index is 745. The van der Waals surface area contributed by atoms with Gasteiger partial charge in [-0.1, -0.05) is 51.0 Å². The van der Waals surface area contributed by atoms with Crippen LogP contribution < -0.4 is 5.19 Å². The standard InChI is InChI=1S/C21H26N2Si/c1-24(2,3)21-15-23-20(18-11-9-16(14-22)10-12-18)13-19(21)17-7-5-4-6-8-17/h9-13,15,17H,4-8H2,1-3H3. The lowest BCUT2D eigenvalue weighted by Crippen LogP contribution is -2.41. The minimum absolute atomic E-state index is 0.695. The maximum atomic E-state index is 8.98. The number of hydrogen-bond donors (Lipinski definition) is 0. The minimum Gasteiger partial charge on any atom is -0.256 e. The third kappa shape index (κ3) is 3.60. The Labute approximate surface area is 146 Å². The minimum atomic E-state index is -1.41. The molecule has 1 heterocycles. The topological polar surface area (TPSA) is 36.7 Å². The summed E-state index contributed by atoms with van der Waals surface area (Å²) in [7, 11) is -1.41. The molecule has 1 saturated carbocycles. The van der Waals surface area contributed by atoms with Crippen LogP contribution in [0.3, 0.4) is 0 Å². The smallest absolute Gasteiger partial charge is 0.0991 e. The fraction of sp³-hybridized carbons (Fsp3) is 0.429. The van der Waals surface area contributed by atoms with Gasteiger partial charge in [0.25, 0.3) is 0 Å². The van der Waals surface area contributed by atoms with Crippen LogP contribution >= 0.6 is 0 Å². The Morgan fingerprint density at radius 1 is 1.04 bits per heavy atom. The second-order valence-corrected chi connectivity index (χ2v) is 13.0. The highest BCUT2D eigenvalue weighted by Crippen LogP contribution is 2.34. The predicted octanol–water partition coefficient (Wildman–Crippen LogP) is 5.21. The monoisotopic (exact) mass is 334 g/mol. The van der Waals surface area contributed by atoms with Crippen LogP contribution in [0.25, 0.3) is 11.3 Å². The van der Waals surface area contributed by atoms with Crippen LogP contribution in [0.4, 0.5) is 0 Å². The molecule has 1 aliphatic carbocycles. The molecule has 0 bridgehead atoms. The van der Waals surface area contributed by atoms with E-state index in [2.05, 4.69) is 38.0 Å². The van der Waals surface area contributed by atoms with E-state index in [0.717, 1.165) is 11.3 Å². The summed E-state index contributed by atoms with van der Waals surface area (Å²) in [6, 6.07) is 12.3. The van der Waals surface area contributed by atoms with E-state index >= 15 is 0 Å². The molecule has 1 aromatic heterocycles. The number of nitriles is 1. The quantitative estimate of drug-likeness (QED) is 0.722. The van der Waals surface area contributed by atoms with E-state index in [1.54, 1.807) is 5.56 Å². The molecule has 124 valence electrons. The van der Waals surface area contributed by atoms with Gasteiger partial charge in [-0.3, -0.25) is 4.98 Å². The van der Waals surface area contributed by atoms with Gasteiger partial charge >= 0.3 is 0 Å². The van der Waals surface area contributed by atoms with Gasteiger partial charge < -0.3 is 0 Å². The Morgan fingerprint density at radius 2 is 1.71 bits per heavy atom. The molecule has 2 aromatic rings. The summed E-state index contributed by atoms with van der Waals surface area (Å²) in [5.74, 6) is 0.695. The zero-order valence-electron chi connectivity index (χ0n) is 15.0. The summed E-state index contributed by atoms with van der Waals surface area (Å²) in [4.78, 5) is 4.78. The number of nitrogens with zero attached hydrogens (tertiary/aromatic N) is 2. The molecule has 0 saturated heterocycles. The average Bonchev–Trinajstić information content (AvgIpc) is 2.61. The molecule has 0 amide bonds. The summed E-state index contributed by atoms with van der Waals surface area (Å²) in [6.07, 6.45) is 8.85. The van der Waals surface area contributed by atoms with Crippen molar-refractivity contribution >= 4 is 13.3 Å². The van der Waals surface area contributed by atoms with Gasteiger partial charge in [0.15, 0.2) is 0 Å². The van der Waals surface area contributed by atoms with Gasteiger partial charge in [0.05, 0.1) is 25.4 Å². The fourth-order valence-corrected chi connectivity index (χ4v) is 5.32. The molecule has 0 spiro atoms. The van der Waals surface area contributed by atoms with Gasteiger partial charge in [-0.15, -0.1) is 0 Å². The van der Waals surface area contributed by atoms with E-state index in [4.69, 9.17) is 10.2 Å². The Morgan fingerprint density at radius 3 is 2.29 bits per heavy atom. The van der Waals surface area contributed by atoms with E-state index in [1.165, 1.54) is 37.3 Å². The molecule has 1 aliphatic rings. The molecule has 1 fully saturated rings. The predicted molar refractivity (Wildman–Crippen MR) is 103 cm³/mol. The molecule has 3 heteroatoms. The molecule has 0 aliphatic heterocycles. The maximum absolute atomic E-state index is 8.98. The van der Waals surface area contributed by atoms with Crippen molar-refractivity contribution < 1.29 is 0 Å². The van der Waals surface area contributed by atoms with Crippen LogP contribution in [0.15, 0.2) is 36.5 Å². The molecule has 2 nitrogen and oxygen atoms in total. The number of rotatable bonds is 3. The molecule has 0 atom stereocenters. The molecule has 0 unspecified atom stereocenters. The van der Waals surface area contributed by atoms with Crippen LogP contribution in [-0.2, 0) is 0 Å². The van der Waals surface area contributed by atoms with Gasteiger partial charge in [-0.2, -0.15) is 5.26 Å². The first-order chi connectivity index (χ1) is 11.5. The second-order valence-electron chi connectivity index (χ2n) is 7.93. The maximum Gasteiger partial charge on any atom is 0.0991 e. The molecular formula is C21H26N2Si. The summed E-state index contributed by atoms with van der Waals surface area (Å²) < 4.78 is 0. The molecule has 0 N–H and O–H groups in total. The van der Waals surface area contributed by atoms with Crippen molar-refractivity contribution in [2.45, 2.75) is 57.7 Å². The Hall–Kier alpha value is -1.92. The zero-order chi connectivity index (χ0) is 17.2. The van der Waals surface area contributed by atoms with Crippen molar-refractivity contribution in [1.29, 1.82) is 5.26 Å². The van der Waals surface area contributed by atoms with E-state index in [-0.39, 0.29) is 0 Å². The van der Waals surface area contributed by atoms with Crippen LogP contribution in [0.5, 0.6) is 0 Å². The number of aromatic nitrogens is 1. The van der Waals surface area contributed by atoms with Crippen molar-refractivity contribution in [3.8, 4) is 17.3 Å². The van der Waals surface area contributed by atoms with E-state index < -0.39 is 8.07 Å². The van der Waals surface area contributed by atoms with Gasteiger partial charge in [-0.05, 0) is 47.7 Å². The largest absolute Gasteiger partial charge is 0.256 e. The molecule has 0 radical (unpaired) electrons. The first-order valence-corrected chi connectivity index (χ1v) is 12.5. The molecule has 24 heavy (non-hydrogen) atoms. The van der Waals surface area contributed by atoms with Crippen molar-refractivity contribution in [2.24, 2.45) is 0 Å². The van der Waals surface area contributed by atoms with Crippen molar-refractivity contribution in [3.05, 3.63) is 47.7 Å². The number of hydrogen-bond acceptors (Lipinski definition) is 2. The first-order valence-electron chi connectivity index (χ1n) is 9.00. The molecule has 1 aromatic carbocycles. The van der Waals surface area contributed by atoms with Gasteiger partial charge in [-0.25, -0.2) is 0 Å². The summed E-state index contributed by atoms with van der Waals surface area (Å²) in [5.41, 5.74) is 4.39. The fourth-order valence-electron chi connectivity index (χ4n) is 3.72. The van der Waals surface area contributed by atoms with Crippen molar-refractivity contribution in [1.82, 2.24) is 4.98 Å². The summed E-state index contributed by atoms with van der Waals surface area (Å²) >= 11 is 0. The van der Waals surface area contributed by atoms with Crippen LogP contribution in [0.1, 0.15) is 49.1 Å². The van der Waals surface area contributed by atoms with Gasteiger partial charge in [0, 0.05) is 11.8 Å². The molecule has 3 rings (SSSR count). The van der Waals surface area contributed by atoms with E-state index in [9.17, 15) is 0 Å². The summed E-state index contributed by atoms with van der Waals surface area (Å²) in [6.45, 7) is 7.24. The number of benzene rings is 1. The molecular weight excluding hydrogens is 308 g/mol. The SMILES string of the molecule is C[Si](C)(C)c1cnc(-c2ccc(C#N)cc2)cc1C1CCCCC1. The highest BCUT2D eigenvalue weighted by Gasteiger charge is 2.26. The Balaban J connectivity index is 2.04. The van der Waals surface area contributed by atoms with Crippen molar-refractivity contribution in [3.63, 3.8) is 0 Å². The van der Waals surface area contributed by atoms with Crippen molar-refractivity contribution in [2.75, 3.05) is 0 Å². The van der Waals surface area contributed by atoms with E-state index in [1.807, 2.05) is 24.3 Å². The zero-order valence-corrected chi connectivity index (χ0v) is 16.0. The number of pyridine rings is 1. The second kappa shape index (κ2) is 6.90. The van der Waals surface area contributed by atoms with Gasteiger partial charge in [0.1, 0.15) is 0 Å². The average molecular weight is 335 g/mol. The highest BCUT2D eigenvalue weighted by atomic mass is 28.3. The van der Waals surface area contributed by atoms with Crippen LogP contribution in [-0.4, -0.2) is 13.1 Å². The third-order valence-corrected chi connectivity index (χ3v) is 7.13. The Kier molecular flexibility index (Phi) is 4.87. The van der Waals surface area contributed by atoms with E-state index in [0.29, 0.717) is 11.5 Å². The highest BCUT2D eigenvalue weighted by molar-refractivity contribution is 6.89. The third-order valence-electron chi connectivity index (χ3n) is 5.10.